The number of carbonyl (C=O) groups excluding carboxylic acids is 1. The third-order valence-corrected chi connectivity index (χ3v) is 3.80. The van der Waals surface area contributed by atoms with Crippen molar-refractivity contribution < 1.29 is 22.7 Å². The van der Waals surface area contributed by atoms with E-state index in [0.717, 1.165) is 16.8 Å². The predicted octanol–water partition coefficient (Wildman–Crippen LogP) is 2.66. The summed E-state index contributed by atoms with van der Waals surface area (Å²) in [5.74, 6) is -0.814. The molecule has 1 aliphatic carbocycles. The molecule has 0 spiro atoms. The van der Waals surface area contributed by atoms with Gasteiger partial charge in [-0.1, -0.05) is 0 Å². The van der Waals surface area contributed by atoms with Gasteiger partial charge in [0, 0.05) is 22.5 Å². The molecule has 1 aromatic carbocycles. The molecule has 1 heterocycles. The second kappa shape index (κ2) is 4.68. The molecule has 1 atom stereocenters. The van der Waals surface area contributed by atoms with E-state index in [1.165, 1.54) is 12.1 Å². The fourth-order valence-corrected chi connectivity index (χ4v) is 2.85. The Morgan fingerprint density at radius 3 is 2.81 bits per heavy atom. The van der Waals surface area contributed by atoms with Crippen molar-refractivity contribution in [2.45, 2.75) is 25.6 Å². The molecule has 112 valence electrons. The van der Waals surface area contributed by atoms with E-state index in [0.29, 0.717) is 24.6 Å². The van der Waals surface area contributed by atoms with Gasteiger partial charge in [0.1, 0.15) is 5.75 Å². The maximum Gasteiger partial charge on any atom is 0.573 e. The number of alkyl halides is 3. The number of benzene rings is 1. The van der Waals surface area contributed by atoms with E-state index < -0.39 is 6.36 Å². The molecular weight excluding hydrogens is 285 g/mol. The molecule has 7 heteroatoms. The van der Waals surface area contributed by atoms with Gasteiger partial charge in [0.25, 0.3) is 0 Å². The molecule has 1 amide bonds. The number of nitrogens with two attached hydrogens (primary N) is 1. The first-order chi connectivity index (χ1) is 9.83. The lowest BCUT2D eigenvalue weighted by molar-refractivity contribution is -0.274. The van der Waals surface area contributed by atoms with Crippen molar-refractivity contribution in [3.8, 4) is 5.75 Å². The Balaban J connectivity index is 1.98. The standard InChI is InChI=1S/C14H13F3N2O2/c15-14(16,17)21-8-2-4-11-10(6-8)9-3-1-7(13(18)20)5-12(9)19-11/h2,4,6-7,19H,1,3,5H2,(H2,18,20). The zero-order valence-electron chi connectivity index (χ0n) is 11.0. The number of hydrogen-bond acceptors (Lipinski definition) is 2. The van der Waals surface area contributed by atoms with Crippen LogP contribution < -0.4 is 10.5 Å². The molecule has 0 radical (unpaired) electrons. The van der Waals surface area contributed by atoms with Crippen molar-refractivity contribution >= 4 is 16.8 Å². The van der Waals surface area contributed by atoms with Crippen LogP contribution in [0.5, 0.6) is 5.75 Å². The van der Waals surface area contributed by atoms with E-state index in [-0.39, 0.29) is 17.6 Å². The van der Waals surface area contributed by atoms with Gasteiger partial charge in [-0.25, -0.2) is 0 Å². The van der Waals surface area contributed by atoms with E-state index >= 15 is 0 Å². The second-order valence-corrected chi connectivity index (χ2v) is 5.18. The van der Waals surface area contributed by atoms with Gasteiger partial charge in [-0.15, -0.1) is 13.2 Å². The molecule has 2 aromatic rings. The van der Waals surface area contributed by atoms with Crippen LogP contribution >= 0.6 is 0 Å². The Hall–Kier alpha value is -2.18. The van der Waals surface area contributed by atoms with Crippen LogP contribution in [0.25, 0.3) is 10.9 Å². The van der Waals surface area contributed by atoms with Gasteiger partial charge in [0.15, 0.2) is 0 Å². The number of halogens is 3. The van der Waals surface area contributed by atoms with Gasteiger partial charge in [0.2, 0.25) is 5.91 Å². The highest BCUT2D eigenvalue weighted by Crippen LogP contribution is 2.34. The number of aromatic amines is 1. The summed E-state index contributed by atoms with van der Waals surface area (Å²) in [7, 11) is 0. The zero-order valence-corrected chi connectivity index (χ0v) is 11.0. The summed E-state index contributed by atoms with van der Waals surface area (Å²) >= 11 is 0. The van der Waals surface area contributed by atoms with E-state index in [4.69, 9.17) is 5.73 Å². The van der Waals surface area contributed by atoms with E-state index in [2.05, 4.69) is 9.72 Å². The SMILES string of the molecule is NC(=O)C1CCc2c([nH]c3ccc(OC(F)(F)F)cc23)C1. The number of fused-ring (bicyclic) bond motifs is 3. The van der Waals surface area contributed by atoms with Crippen LogP contribution in [0.15, 0.2) is 18.2 Å². The highest BCUT2D eigenvalue weighted by molar-refractivity contribution is 5.87. The molecule has 21 heavy (non-hydrogen) atoms. The summed E-state index contributed by atoms with van der Waals surface area (Å²) in [6, 6.07) is 4.19. The van der Waals surface area contributed by atoms with Crippen molar-refractivity contribution in [3.05, 3.63) is 29.5 Å². The van der Waals surface area contributed by atoms with Crippen LogP contribution in [0.4, 0.5) is 13.2 Å². The molecule has 4 nitrogen and oxygen atoms in total. The fraction of sp³-hybridized carbons (Fsp3) is 0.357. The number of aryl methyl sites for hydroxylation is 1. The maximum absolute atomic E-state index is 12.3. The van der Waals surface area contributed by atoms with Crippen LogP contribution in [0.1, 0.15) is 17.7 Å². The van der Waals surface area contributed by atoms with Gasteiger partial charge in [-0.2, -0.15) is 0 Å². The Kier molecular flexibility index (Phi) is 3.07. The van der Waals surface area contributed by atoms with Gasteiger partial charge in [-0.3, -0.25) is 4.79 Å². The average Bonchev–Trinajstić information content (AvgIpc) is 2.73. The summed E-state index contributed by atoms with van der Waals surface area (Å²) < 4.78 is 40.7. The summed E-state index contributed by atoms with van der Waals surface area (Å²) in [5, 5.41) is 0.703. The quantitative estimate of drug-likeness (QED) is 0.895. The molecule has 0 fully saturated rings. The molecule has 3 rings (SSSR count). The maximum atomic E-state index is 12.3. The fourth-order valence-electron chi connectivity index (χ4n) is 2.85. The molecule has 1 aromatic heterocycles. The Morgan fingerprint density at radius 2 is 2.14 bits per heavy atom. The minimum atomic E-state index is -4.71. The van der Waals surface area contributed by atoms with Gasteiger partial charge in [-0.05, 0) is 43.0 Å². The first kappa shape index (κ1) is 13.8. The molecule has 0 bridgehead atoms. The Morgan fingerprint density at radius 1 is 1.38 bits per heavy atom. The summed E-state index contributed by atoms with van der Waals surface area (Å²) in [6.45, 7) is 0. The van der Waals surface area contributed by atoms with Gasteiger partial charge < -0.3 is 15.5 Å². The summed E-state index contributed by atoms with van der Waals surface area (Å²) in [5.41, 5.74) is 7.85. The lowest BCUT2D eigenvalue weighted by Crippen LogP contribution is -2.28. The van der Waals surface area contributed by atoms with Crippen LogP contribution in [0, 0.1) is 5.92 Å². The molecular formula is C14H13F3N2O2. The zero-order chi connectivity index (χ0) is 15.2. The monoisotopic (exact) mass is 298 g/mol. The number of primary amides is 1. The van der Waals surface area contributed by atoms with Crippen molar-refractivity contribution in [1.29, 1.82) is 0 Å². The molecule has 0 aliphatic heterocycles. The highest BCUT2D eigenvalue weighted by Gasteiger charge is 2.31. The van der Waals surface area contributed by atoms with E-state index in [1.54, 1.807) is 6.07 Å². The number of amides is 1. The smallest absolute Gasteiger partial charge is 0.406 e. The molecule has 0 saturated heterocycles. The number of rotatable bonds is 2. The van der Waals surface area contributed by atoms with Crippen LogP contribution in [-0.2, 0) is 17.6 Å². The topological polar surface area (TPSA) is 68.1 Å². The summed E-state index contributed by atoms with van der Waals surface area (Å²) in [4.78, 5) is 14.4. The van der Waals surface area contributed by atoms with Crippen LogP contribution in [0.2, 0.25) is 0 Å². The Bertz CT molecular complexity index is 706. The third kappa shape index (κ3) is 2.68. The van der Waals surface area contributed by atoms with E-state index in [9.17, 15) is 18.0 Å². The first-order valence-corrected chi connectivity index (χ1v) is 6.52. The van der Waals surface area contributed by atoms with Crippen molar-refractivity contribution in [3.63, 3.8) is 0 Å². The first-order valence-electron chi connectivity index (χ1n) is 6.52. The van der Waals surface area contributed by atoms with Gasteiger partial charge in [0.05, 0.1) is 0 Å². The average molecular weight is 298 g/mol. The lowest BCUT2D eigenvalue weighted by atomic mass is 9.86. The van der Waals surface area contributed by atoms with Gasteiger partial charge >= 0.3 is 6.36 Å². The number of ether oxygens (including phenoxy) is 1. The number of carbonyl (C=O) groups is 1. The lowest BCUT2D eigenvalue weighted by Gasteiger charge is -2.19. The number of hydrogen-bond donors (Lipinski definition) is 2. The second-order valence-electron chi connectivity index (χ2n) is 5.18. The van der Waals surface area contributed by atoms with E-state index in [1.807, 2.05) is 0 Å². The third-order valence-electron chi connectivity index (χ3n) is 3.80. The van der Waals surface area contributed by atoms with Crippen molar-refractivity contribution in [1.82, 2.24) is 4.98 Å². The molecule has 1 unspecified atom stereocenters. The number of nitrogens with one attached hydrogen (secondary N) is 1. The van der Waals surface area contributed by atoms with Crippen molar-refractivity contribution in [2.75, 3.05) is 0 Å². The minimum absolute atomic E-state index is 0.226. The van der Waals surface area contributed by atoms with Crippen molar-refractivity contribution in [2.24, 2.45) is 11.7 Å². The van der Waals surface area contributed by atoms with Crippen LogP contribution in [0.3, 0.4) is 0 Å². The largest absolute Gasteiger partial charge is 0.573 e. The summed E-state index contributed by atoms with van der Waals surface area (Å²) in [6.07, 6.45) is -2.99. The Labute approximate surface area is 118 Å². The highest BCUT2D eigenvalue weighted by atomic mass is 19.4. The molecule has 1 aliphatic rings. The molecule has 3 N–H and O–H groups in total. The van der Waals surface area contributed by atoms with Crippen LogP contribution in [-0.4, -0.2) is 17.3 Å². The molecule has 0 saturated carbocycles. The predicted molar refractivity (Wildman–Crippen MR) is 69.7 cm³/mol. The minimum Gasteiger partial charge on any atom is -0.406 e. The number of aromatic nitrogens is 1. The number of H-pyrrole nitrogens is 1. The normalized spacial score (nSPS) is 18.5.